The van der Waals surface area contributed by atoms with Gasteiger partial charge in [-0.15, -0.1) is 0 Å². The van der Waals surface area contributed by atoms with Crippen LogP contribution in [-0.2, 0) is 52.9 Å². The molecule has 0 spiro atoms. The van der Waals surface area contributed by atoms with Gasteiger partial charge in [-0.05, 0) is 106 Å². The van der Waals surface area contributed by atoms with E-state index in [0.717, 1.165) is 41.5 Å². The second-order valence-corrected chi connectivity index (χ2v) is 22.6. The number of amides is 7. The third kappa shape index (κ3) is 13.5. The van der Waals surface area contributed by atoms with Crippen LogP contribution in [0.4, 0.5) is 4.39 Å². The SMILES string of the molecule is CN[C@@H](C)C(=O)NC(C(=O)N1Cc2ccccc2C[C@H]1C(=O)N(CCCC(=O)N[C@H]1C[C@@H](C(=O)N[C@@H]2CCCc3ccccc32)N(C(=O)[C@@H](NC(=O)[C@H](C)NC)C(C)(C)C)C1)[C@H](C)c1ccccc1F)C(C)(C)C. The fraction of sp³-hybridized carbons (Fsp3) is 0.561. The van der Waals surface area contributed by atoms with Crippen molar-refractivity contribution in [3.63, 3.8) is 0 Å². The number of fused-ring (bicyclic) bond motifs is 2. The summed E-state index contributed by atoms with van der Waals surface area (Å²) in [4.78, 5) is 105. The summed E-state index contributed by atoms with van der Waals surface area (Å²) in [6, 6.07) is 15.0. The first kappa shape index (κ1) is 57.1. The Bertz CT molecular complexity index is 2520. The minimum atomic E-state index is -1.03. The van der Waals surface area contributed by atoms with E-state index < -0.39 is 82.7 Å². The first-order valence-corrected chi connectivity index (χ1v) is 26.3. The number of likely N-dealkylation sites (N-methyl/N-ethyl adjacent to an activating group) is 2. The van der Waals surface area contributed by atoms with Gasteiger partial charge in [0.05, 0.1) is 24.2 Å². The number of nitrogens with zero attached hydrogens (tertiary/aromatic N) is 3. The zero-order valence-corrected chi connectivity index (χ0v) is 45.3. The van der Waals surface area contributed by atoms with Gasteiger partial charge in [0.25, 0.3) is 0 Å². The molecule has 0 saturated carbocycles. The maximum absolute atomic E-state index is 15.6. The van der Waals surface area contributed by atoms with Crippen LogP contribution in [0.5, 0.6) is 0 Å². The molecule has 1 unspecified atom stereocenters. The number of halogens is 1. The van der Waals surface area contributed by atoms with E-state index in [-0.39, 0.29) is 80.6 Å². The van der Waals surface area contributed by atoms with Crippen molar-refractivity contribution in [2.24, 2.45) is 10.8 Å². The van der Waals surface area contributed by atoms with E-state index in [4.69, 9.17) is 0 Å². The van der Waals surface area contributed by atoms with Crippen LogP contribution < -0.4 is 31.9 Å². The van der Waals surface area contributed by atoms with Crippen molar-refractivity contribution in [1.82, 2.24) is 46.6 Å². The van der Waals surface area contributed by atoms with Gasteiger partial charge < -0.3 is 46.6 Å². The van der Waals surface area contributed by atoms with Gasteiger partial charge in [0.1, 0.15) is 30.0 Å². The number of hydrogen-bond acceptors (Lipinski definition) is 9. The maximum atomic E-state index is 15.6. The van der Waals surface area contributed by atoms with Gasteiger partial charge in [-0.2, -0.15) is 0 Å². The predicted octanol–water partition coefficient (Wildman–Crippen LogP) is 5.01. The second kappa shape index (κ2) is 24.4. The van der Waals surface area contributed by atoms with Gasteiger partial charge in [0.2, 0.25) is 41.4 Å². The fourth-order valence-electron chi connectivity index (χ4n) is 10.4. The van der Waals surface area contributed by atoms with Crippen LogP contribution in [0.25, 0.3) is 0 Å². The van der Waals surface area contributed by atoms with E-state index in [2.05, 4.69) is 38.0 Å². The van der Waals surface area contributed by atoms with E-state index in [1.54, 1.807) is 53.1 Å². The number of carbonyl (C=O) groups is 7. The van der Waals surface area contributed by atoms with Crippen molar-refractivity contribution in [2.45, 2.75) is 168 Å². The largest absolute Gasteiger partial charge is 0.351 e. The van der Waals surface area contributed by atoms with Gasteiger partial charge in [-0.1, -0.05) is 108 Å². The van der Waals surface area contributed by atoms with Gasteiger partial charge in [0.15, 0.2) is 0 Å². The minimum Gasteiger partial charge on any atom is -0.351 e. The number of nitrogens with one attached hydrogen (secondary N) is 6. The zero-order chi connectivity index (χ0) is 54.2. The highest BCUT2D eigenvalue weighted by Gasteiger charge is 2.47. The molecule has 3 aliphatic rings. The molecular formula is C57H80FN9O7. The topological polar surface area (TPSA) is 201 Å². The molecule has 17 heteroatoms. The van der Waals surface area contributed by atoms with Crippen LogP contribution in [0.2, 0.25) is 0 Å². The van der Waals surface area contributed by atoms with Gasteiger partial charge in [0, 0.05) is 44.1 Å². The molecule has 16 nitrogen and oxygen atoms in total. The Morgan fingerprint density at radius 2 is 1.26 bits per heavy atom. The molecule has 6 N–H and O–H groups in total. The Labute approximate surface area is 437 Å². The van der Waals surface area contributed by atoms with Gasteiger partial charge in [-0.25, -0.2) is 4.39 Å². The molecular weight excluding hydrogens is 942 g/mol. The molecule has 7 amide bonds. The van der Waals surface area contributed by atoms with E-state index in [1.807, 2.05) is 84.0 Å². The van der Waals surface area contributed by atoms with Crippen LogP contribution in [-0.4, -0.2) is 126 Å². The van der Waals surface area contributed by atoms with E-state index in [1.165, 1.54) is 20.8 Å². The van der Waals surface area contributed by atoms with Crippen LogP contribution in [0.1, 0.15) is 134 Å². The number of benzene rings is 3. The predicted molar refractivity (Wildman–Crippen MR) is 282 cm³/mol. The van der Waals surface area contributed by atoms with Crippen LogP contribution in [0.3, 0.4) is 0 Å². The first-order chi connectivity index (χ1) is 34.9. The summed E-state index contributed by atoms with van der Waals surface area (Å²) in [6.07, 6.45) is 2.91. The molecule has 2 aliphatic heterocycles. The summed E-state index contributed by atoms with van der Waals surface area (Å²) in [5, 5.41) is 18.0. The van der Waals surface area contributed by atoms with E-state index in [9.17, 15) is 28.8 Å². The summed E-state index contributed by atoms with van der Waals surface area (Å²) in [6.45, 7) is 16.4. The van der Waals surface area contributed by atoms with Gasteiger partial charge in [-0.3, -0.25) is 33.6 Å². The lowest BCUT2D eigenvalue weighted by Crippen LogP contribution is -2.62. The summed E-state index contributed by atoms with van der Waals surface area (Å²) in [5.74, 6) is -3.27. The monoisotopic (exact) mass is 1020 g/mol. The van der Waals surface area contributed by atoms with Crippen molar-refractivity contribution in [2.75, 3.05) is 27.2 Å². The smallest absolute Gasteiger partial charge is 0.246 e. The Balaban J connectivity index is 1.24. The number of hydrogen-bond donors (Lipinski definition) is 6. The standard InChI is InChI=1S/C57H80FN9O7/c1-34(59-10)50(69)63-48(56(4,5)6)54(73)66-32-39-22-13-12-21-38(39)30-46(66)53(72)65(36(3)41-24-16-17-26-43(41)58)29-19-28-47(68)61-40-31-45(52(71)62-44-27-18-23-37-20-14-15-25-42(37)44)67(33-40)55(74)49(57(7,8)9)64-51(70)35(2)60-11/h12-17,20-22,24-26,34-36,40,44-46,48-49,59-60H,18-19,23,27-33H2,1-11H3,(H,61,68)(H,62,71)(H,63,69)(H,64,70)/t34-,35-,36+,40-,44+,45-,46-,48?,49+/m0/s1. The van der Waals surface area contributed by atoms with Crippen molar-refractivity contribution in [3.05, 3.63) is 106 Å². The Kier molecular flexibility index (Phi) is 18.8. The number of likely N-dealkylation sites (tertiary alicyclic amines) is 1. The highest BCUT2D eigenvalue weighted by Crippen LogP contribution is 2.34. The average molecular weight is 1020 g/mol. The third-order valence-corrected chi connectivity index (χ3v) is 15.1. The summed E-state index contributed by atoms with van der Waals surface area (Å²) in [7, 11) is 3.31. The highest BCUT2D eigenvalue weighted by molar-refractivity contribution is 5.95. The molecule has 3 aromatic rings. The zero-order valence-electron chi connectivity index (χ0n) is 45.3. The fourth-order valence-corrected chi connectivity index (χ4v) is 10.4. The summed E-state index contributed by atoms with van der Waals surface area (Å²) >= 11 is 0. The molecule has 1 saturated heterocycles. The molecule has 1 fully saturated rings. The number of rotatable bonds is 18. The first-order valence-electron chi connectivity index (χ1n) is 26.3. The molecule has 0 aromatic heterocycles. The van der Waals surface area contributed by atoms with Crippen LogP contribution in [0.15, 0.2) is 72.8 Å². The lowest BCUT2D eigenvalue weighted by Gasteiger charge is -2.43. The summed E-state index contributed by atoms with van der Waals surface area (Å²) in [5.41, 5.74) is 2.73. The molecule has 0 bridgehead atoms. The molecule has 9 atom stereocenters. The molecule has 2 heterocycles. The highest BCUT2D eigenvalue weighted by atomic mass is 19.1. The Hall–Kier alpha value is -6.20. The normalized spacial score (nSPS) is 20.6. The molecule has 1 aliphatic carbocycles. The lowest BCUT2D eigenvalue weighted by atomic mass is 9.84. The molecule has 6 rings (SSSR count). The molecule has 74 heavy (non-hydrogen) atoms. The Morgan fingerprint density at radius 1 is 0.703 bits per heavy atom. The van der Waals surface area contributed by atoms with Crippen LogP contribution in [0, 0.1) is 16.6 Å². The maximum Gasteiger partial charge on any atom is 0.246 e. The van der Waals surface area contributed by atoms with E-state index in [0.29, 0.717) is 0 Å². The molecule has 3 aromatic carbocycles. The minimum absolute atomic E-state index is 0.0137. The van der Waals surface area contributed by atoms with Crippen molar-refractivity contribution < 1.29 is 38.0 Å². The third-order valence-electron chi connectivity index (χ3n) is 15.1. The van der Waals surface area contributed by atoms with Crippen molar-refractivity contribution in [3.8, 4) is 0 Å². The number of aryl methyl sites for hydroxylation is 1. The molecule has 402 valence electrons. The van der Waals surface area contributed by atoms with Crippen molar-refractivity contribution in [1.29, 1.82) is 0 Å². The second-order valence-electron chi connectivity index (χ2n) is 22.6. The molecule has 0 radical (unpaired) electrons. The number of carbonyl (C=O) groups excluding carboxylic acids is 7. The summed E-state index contributed by atoms with van der Waals surface area (Å²) < 4.78 is 15.6. The van der Waals surface area contributed by atoms with E-state index >= 15 is 9.18 Å². The van der Waals surface area contributed by atoms with Gasteiger partial charge >= 0.3 is 0 Å². The quantitative estimate of drug-likeness (QED) is 0.101. The van der Waals surface area contributed by atoms with Crippen LogP contribution >= 0.6 is 0 Å². The van der Waals surface area contributed by atoms with Crippen molar-refractivity contribution >= 4 is 41.4 Å². The average Bonchev–Trinajstić information content (AvgIpc) is 3.80. The Morgan fingerprint density at radius 3 is 1.85 bits per heavy atom. The lowest BCUT2D eigenvalue weighted by molar-refractivity contribution is -0.152.